The fraction of sp³-hybridized carbons (Fsp3) is 0.250. The molecule has 0 aliphatic carbocycles. The van der Waals surface area contributed by atoms with Gasteiger partial charge in [-0.3, -0.25) is 14.6 Å². The smallest absolute Gasteiger partial charge is 0.319 e. The number of fused-ring (bicyclic) bond motifs is 2. The summed E-state index contributed by atoms with van der Waals surface area (Å²) in [5.41, 5.74) is 3.50. The summed E-state index contributed by atoms with van der Waals surface area (Å²) < 4.78 is 0. The predicted octanol–water partition coefficient (Wildman–Crippen LogP) is 3.66. The van der Waals surface area contributed by atoms with Crippen LogP contribution in [-0.2, 0) is 29.1 Å². The van der Waals surface area contributed by atoms with Crippen molar-refractivity contribution in [2.24, 2.45) is 0 Å². The summed E-state index contributed by atoms with van der Waals surface area (Å²) in [4.78, 5) is 50.5. The van der Waals surface area contributed by atoms with Crippen LogP contribution in [0.15, 0.2) is 91.1 Å². The monoisotopic (exact) mass is 549 g/mol. The Balaban J connectivity index is 1.32. The predicted molar refractivity (Wildman–Crippen MR) is 153 cm³/mol. The molecule has 0 spiro atoms. The van der Waals surface area contributed by atoms with Crippen LogP contribution in [0.1, 0.15) is 23.1 Å². The van der Waals surface area contributed by atoms with Gasteiger partial charge in [0.1, 0.15) is 18.0 Å². The van der Waals surface area contributed by atoms with Gasteiger partial charge in [0.2, 0.25) is 11.8 Å². The van der Waals surface area contributed by atoms with Crippen molar-refractivity contribution >= 4 is 28.7 Å². The number of benzene rings is 3. The second-order valence-electron chi connectivity index (χ2n) is 10.5. The van der Waals surface area contributed by atoms with Gasteiger partial charge in [-0.1, -0.05) is 66.7 Å². The number of phenolic OH excluding ortho intramolecular Hbond substituents is 1. The molecule has 3 aromatic carbocycles. The van der Waals surface area contributed by atoms with E-state index in [0.29, 0.717) is 13.1 Å². The fourth-order valence-corrected chi connectivity index (χ4v) is 5.79. The number of amides is 4. The third-order valence-electron chi connectivity index (χ3n) is 7.84. The van der Waals surface area contributed by atoms with Crippen molar-refractivity contribution < 1.29 is 19.5 Å². The molecule has 208 valence electrons. The van der Waals surface area contributed by atoms with Crippen LogP contribution in [-0.4, -0.2) is 67.9 Å². The number of para-hydroxylation sites is 1. The lowest BCUT2D eigenvalue weighted by molar-refractivity contribution is -0.167. The van der Waals surface area contributed by atoms with Crippen LogP contribution in [0.5, 0.6) is 5.75 Å². The first-order chi connectivity index (χ1) is 20.0. The van der Waals surface area contributed by atoms with Crippen molar-refractivity contribution in [1.82, 2.24) is 25.0 Å². The molecule has 4 aromatic rings. The minimum Gasteiger partial charge on any atom is -0.508 e. The number of hydrogen-bond acceptors (Lipinski definition) is 5. The molecule has 41 heavy (non-hydrogen) atoms. The van der Waals surface area contributed by atoms with Crippen molar-refractivity contribution in [1.29, 1.82) is 0 Å². The molecule has 9 heteroatoms. The molecule has 2 atom stereocenters. The summed E-state index contributed by atoms with van der Waals surface area (Å²) in [5.74, 6) is -0.199. The Kier molecular flexibility index (Phi) is 7.24. The molecule has 0 bridgehead atoms. The van der Waals surface area contributed by atoms with E-state index in [1.807, 2.05) is 60.7 Å². The zero-order chi connectivity index (χ0) is 28.3. The van der Waals surface area contributed by atoms with Crippen LogP contribution in [0.2, 0.25) is 0 Å². The van der Waals surface area contributed by atoms with Gasteiger partial charge in [0, 0.05) is 44.1 Å². The number of aromatic hydroxyl groups is 1. The van der Waals surface area contributed by atoms with Crippen LogP contribution in [0, 0.1) is 0 Å². The Bertz CT molecular complexity index is 1570. The van der Waals surface area contributed by atoms with Crippen molar-refractivity contribution in [3.8, 4) is 5.75 Å². The second kappa shape index (κ2) is 11.3. The lowest BCUT2D eigenvalue weighted by atomic mass is 9.97. The number of carbonyl (C=O) groups is 3. The molecule has 3 heterocycles. The highest BCUT2D eigenvalue weighted by Crippen LogP contribution is 2.30. The van der Waals surface area contributed by atoms with E-state index < -0.39 is 12.2 Å². The standard InChI is InChI=1S/C32H31N5O4/c38-26-13-11-22(12-14-26)18-27-31(40)35(20-25-9-4-8-24-10-5-16-33-30(24)25)21-28-36(17-15-29(39)37(27)28)32(41)34-19-23-6-2-1-3-7-23/h1-14,16,27-28,38H,15,17-21H2,(H,34,41)/t27-,28?/m0/s1. The Morgan fingerprint density at radius 3 is 2.51 bits per heavy atom. The van der Waals surface area contributed by atoms with E-state index in [0.717, 1.165) is 27.6 Å². The summed E-state index contributed by atoms with van der Waals surface area (Å²) >= 11 is 0. The first-order valence-corrected chi connectivity index (χ1v) is 13.8. The highest BCUT2D eigenvalue weighted by Gasteiger charge is 2.48. The number of piperazine rings is 1. The summed E-state index contributed by atoms with van der Waals surface area (Å²) in [6, 6.07) is 25.0. The van der Waals surface area contributed by atoms with Gasteiger partial charge in [-0.25, -0.2) is 4.79 Å². The summed E-state index contributed by atoms with van der Waals surface area (Å²) in [6.07, 6.45) is 1.53. The molecule has 2 N–H and O–H groups in total. The number of nitrogens with one attached hydrogen (secondary N) is 1. The van der Waals surface area contributed by atoms with Crippen molar-refractivity contribution in [2.75, 3.05) is 13.1 Å². The highest BCUT2D eigenvalue weighted by molar-refractivity contribution is 5.91. The number of pyridine rings is 1. The first-order valence-electron chi connectivity index (χ1n) is 13.8. The topological polar surface area (TPSA) is 106 Å². The van der Waals surface area contributed by atoms with Gasteiger partial charge in [0.25, 0.3) is 0 Å². The molecule has 2 saturated heterocycles. The molecule has 6 rings (SSSR count). The van der Waals surface area contributed by atoms with E-state index in [1.54, 1.807) is 45.2 Å². The van der Waals surface area contributed by atoms with Crippen LogP contribution < -0.4 is 5.32 Å². The van der Waals surface area contributed by atoms with Crippen LogP contribution in [0.25, 0.3) is 10.9 Å². The van der Waals surface area contributed by atoms with Crippen LogP contribution in [0.3, 0.4) is 0 Å². The molecule has 0 radical (unpaired) electrons. The van der Waals surface area contributed by atoms with Crippen LogP contribution in [0.4, 0.5) is 4.79 Å². The van der Waals surface area contributed by atoms with Gasteiger partial charge in [0.05, 0.1) is 12.1 Å². The maximum Gasteiger partial charge on any atom is 0.319 e. The minimum absolute atomic E-state index is 0.127. The Morgan fingerprint density at radius 1 is 0.927 bits per heavy atom. The van der Waals surface area contributed by atoms with E-state index in [2.05, 4.69) is 10.3 Å². The SMILES string of the molecule is O=C1[C@H](Cc2ccc(O)cc2)N2C(=O)CCN(C(=O)NCc3ccccc3)C2CN1Cc1cccc2cccnc12. The lowest BCUT2D eigenvalue weighted by Gasteiger charge is -2.52. The van der Waals surface area contributed by atoms with Gasteiger partial charge < -0.3 is 25.1 Å². The maximum absolute atomic E-state index is 14.1. The van der Waals surface area contributed by atoms with Gasteiger partial charge in [-0.15, -0.1) is 0 Å². The number of nitrogens with zero attached hydrogens (tertiary/aromatic N) is 4. The zero-order valence-electron chi connectivity index (χ0n) is 22.5. The maximum atomic E-state index is 14.1. The molecule has 2 aliphatic heterocycles. The van der Waals surface area contributed by atoms with E-state index in [4.69, 9.17) is 0 Å². The summed E-state index contributed by atoms with van der Waals surface area (Å²) in [7, 11) is 0. The highest BCUT2D eigenvalue weighted by atomic mass is 16.3. The average molecular weight is 550 g/mol. The summed E-state index contributed by atoms with van der Waals surface area (Å²) in [5, 5.41) is 13.7. The molecule has 0 saturated carbocycles. The number of rotatable bonds is 6. The molecular formula is C32H31N5O4. The fourth-order valence-electron chi connectivity index (χ4n) is 5.79. The Labute approximate surface area is 238 Å². The number of phenols is 1. The summed E-state index contributed by atoms with van der Waals surface area (Å²) in [6.45, 7) is 1.12. The third kappa shape index (κ3) is 5.43. The lowest BCUT2D eigenvalue weighted by Crippen LogP contribution is -2.72. The first kappa shape index (κ1) is 26.3. The Morgan fingerprint density at radius 2 is 1.71 bits per heavy atom. The number of carbonyl (C=O) groups excluding carboxylic acids is 3. The van der Waals surface area contributed by atoms with E-state index in [-0.39, 0.29) is 49.5 Å². The number of hydrogen-bond donors (Lipinski definition) is 2. The third-order valence-corrected chi connectivity index (χ3v) is 7.84. The quantitative estimate of drug-likeness (QED) is 0.382. The van der Waals surface area contributed by atoms with E-state index in [9.17, 15) is 19.5 Å². The molecule has 2 fully saturated rings. The molecule has 1 unspecified atom stereocenters. The number of urea groups is 1. The van der Waals surface area contributed by atoms with Gasteiger partial charge in [0.15, 0.2) is 0 Å². The largest absolute Gasteiger partial charge is 0.508 e. The van der Waals surface area contributed by atoms with Crippen molar-refractivity contribution in [2.45, 2.75) is 38.1 Å². The van der Waals surface area contributed by atoms with E-state index in [1.165, 1.54) is 0 Å². The molecule has 1 aromatic heterocycles. The van der Waals surface area contributed by atoms with Crippen molar-refractivity contribution in [3.63, 3.8) is 0 Å². The van der Waals surface area contributed by atoms with Crippen LogP contribution >= 0.6 is 0 Å². The molecular weight excluding hydrogens is 518 g/mol. The second-order valence-corrected chi connectivity index (χ2v) is 10.5. The van der Waals surface area contributed by atoms with Crippen molar-refractivity contribution in [3.05, 3.63) is 108 Å². The number of aromatic nitrogens is 1. The van der Waals surface area contributed by atoms with E-state index >= 15 is 0 Å². The minimum atomic E-state index is -0.793. The van der Waals surface area contributed by atoms with Gasteiger partial charge in [-0.2, -0.15) is 0 Å². The Hall–Kier alpha value is -4.92. The molecule has 4 amide bonds. The average Bonchev–Trinajstić information content (AvgIpc) is 3.00. The van der Waals surface area contributed by atoms with Gasteiger partial charge >= 0.3 is 6.03 Å². The normalized spacial score (nSPS) is 18.9. The zero-order valence-corrected chi connectivity index (χ0v) is 22.5. The molecule has 2 aliphatic rings. The van der Waals surface area contributed by atoms with Gasteiger partial charge in [-0.05, 0) is 34.9 Å². The molecule has 9 nitrogen and oxygen atoms in total.